The average Bonchev–Trinajstić information content (AvgIpc) is 2.73. The third-order valence-corrected chi connectivity index (χ3v) is 6.48. The molecule has 0 radical (unpaired) electrons. The van der Waals surface area contributed by atoms with Gasteiger partial charge in [-0.1, -0.05) is 23.2 Å². The quantitative estimate of drug-likeness (QED) is 0.371. The van der Waals surface area contributed by atoms with Crippen molar-refractivity contribution >= 4 is 44.9 Å². The Kier molecular flexibility index (Phi) is 7.75. The highest BCUT2D eigenvalue weighted by molar-refractivity contribution is 7.92. The number of pyridine rings is 1. The first-order valence-corrected chi connectivity index (χ1v) is 12.6. The molecule has 180 valence electrons. The normalized spacial score (nSPS) is 11.7. The number of carbonyl (C=O) groups is 1. The van der Waals surface area contributed by atoms with E-state index in [4.69, 9.17) is 32.7 Å². The fourth-order valence-corrected chi connectivity index (χ4v) is 4.79. The number of sulfonamides is 1. The Labute approximate surface area is 209 Å². The van der Waals surface area contributed by atoms with Gasteiger partial charge in [0.15, 0.2) is 5.60 Å². The molecule has 0 aliphatic heterocycles. The summed E-state index contributed by atoms with van der Waals surface area (Å²) in [4.78, 5) is 16.2. The van der Waals surface area contributed by atoms with Crippen molar-refractivity contribution in [1.82, 2.24) is 4.98 Å². The van der Waals surface area contributed by atoms with Gasteiger partial charge in [0, 0.05) is 34.1 Å². The van der Waals surface area contributed by atoms with Gasteiger partial charge in [-0.3, -0.25) is 9.71 Å². The van der Waals surface area contributed by atoms with Gasteiger partial charge in [0.25, 0.3) is 10.0 Å². The molecule has 0 bridgehead atoms. The number of aromatic nitrogens is 1. The van der Waals surface area contributed by atoms with E-state index in [1.54, 1.807) is 64.2 Å². The van der Waals surface area contributed by atoms with Crippen LogP contribution < -0.4 is 9.46 Å². The molecule has 1 heterocycles. The van der Waals surface area contributed by atoms with Gasteiger partial charge in [0.05, 0.1) is 12.3 Å². The summed E-state index contributed by atoms with van der Waals surface area (Å²) in [6.45, 7) is 6.79. The van der Waals surface area contributed by atoms with Gasteiger partial charge in [0.2, 0.25) is 0 Å². The molecule has 7 nitrogen and oxygen atoms in total. The van der Waals surface area contributed by atoms with Crippen molar-refractivity contribution < 1.29 is 22.7 Å². The number of anilines is 1. The van der Waals surface area contributed by atoms with Crippen molar-refractivity contribution in [3.63, 3.8) is 0 Å². The average molecular weight is 523 g/mol. The number of aryl methyl sites for hydroxylation is 1. The zero-order valence-electron chi connectivity index (χ0n) is 19.1. The number of hydrogen-bond donors (Lipinski definition) is 1. The lowest BCUT2D eigenvalue weighted by Crippen LogP contribution is -2.39. The first kappa shape index (κ1) is 25.8. The molecule has 0 spiro atoms. The van der Waals surface area contributed by atoms with Crippen LogP contribution in [0, 0.1) is 6.92 Å². The lowest BCUT2D eigenvalue weighted by atomic mass is 10.0. The molecule has 0 fully saturated rings. The summed E-state index contributed by atoms with van der Waals surface area (Å²) in [5.74, 6) is -0.288. The molecule has 1 N–H and O–H groups in total. The second-order valence-electron chi connectivity index (χ2n) is 8.00. The molecule has 0 saturated heterocycles. The van der Waals surface area contributed by atoms with E-state index >= 15 is 0 Å². The summed E-state index contributed by atoms with van der Waals surface area (Å²) in [5, 5.41) is 0.783. The smallest absolute Gasteiger partial charge is 0.349 e. The van der Waals surface area contributed by atoms with Crippen molar-refractivity contribution in [1.29, 1.82) is 0 Å². The number of ether oxygens (including phenoxy) is 2. The lowest BCUT2D eigenvalue weighted by Gasteiger charge is -2.25. The third kappa shape index (κ3) is 6.20. The number of nitrogens with zero attached hydrogens (tertiary/aromatic N) is 1. The van der Waals surface area contributed by atoms with Gasteiger partial charge in [-0.25, -0.2) is 13.2 Å². The minimum absolute atomic E-state index is 0.000696. The second kappa shape index (κ2) is 10.2. The van der Waals surface area contributed by atoms with E-state index in [1.165, 1.54) is 18.3 Å². The maximum absolute atomic E-state index is 13.1. The molecule has 34 heavy (non-hydrogen) atoms. The van der Waals surface area contributed by atoms with Gasteiger partial charge in [-0.2, -0.15) is 0 Å². The molecule has 0 aliphatic carbocycles. The van der Waals surface area contributed by atoms with E-state index in [1.807, 2.05) is 0 Å². The summed E-state index contributed by atoms with van der Waals surface area (Å²) < 4.78 is 39.8. The molecular formula is C24H24Cl2N2O5S. The van der Waals surface area contributed by atoms with Crippen LogP contribution in [0.1, 0.15) is 26.3 Å². The monoisotopic (exact) mass is 522 g/mol. The Morgan fingerprint density at radius 3 is 2.35 bits per heavy atom. The molecule has 3 aromatic rings. The summed E-state index contributed by atoms with van der Waals surface area (Å²) >= 11 is 12.3. The van der Waals surface area contributed by atoms with Gasteiger partial charge in [-0.05, 0) is 75.2 Å². The SMILES string of the molecule is CCOC(=O)C(C)(C)Oc1ccc(-c2cc(Cl)cc(Cl)c2)c(NS(=O)(=O)c2cncc(C)c2)c1. The fourth-order valence-electron chi connectivity index (χ4n) is 3.15. The molecule has 0 saturated carbocycles. The zero-order valence-corrected chi connectivity index (χ0v) is 21.4. The molecular weight excluding hydrogens is 499 g/mol. The summed E-state index contributed by atoms with van der Waals surface area (Å²) in [5.41, 5.74) is 0.701. The van der Waals surface area contributed by atoms with Crippen LogP contribution in [0.25, 0.3) is 11.1 Å². The van der Waals surface area contributed by atoms with Crippen molar-refractivity contribution in [2.75, 3.05) is 11.3 Å². The first-order chi connectivity index (χ1) is 15.9. The van der Waals surface area contributed by atoms with Crippen LogP contribution in [-0.4, -0.2) is 31.6 Å². The van der Waals surface area contributed by atoms with E-state index in [-0.39, 0.29) is 22.9 Å². The number of rotatable bonds is 8. The Morgan fingerprint density at radius 2 is 1.74 bits per heavy atom. The number of carbonyl (C=O) groups excluding carboxylic acids is 1. The Hall–Kier alpha value is -2.81. The minimum atomic E-state index is -4.00. The Bertz CT molecular complexity index is 1310. The molecule has 0 amide bonds. The van der Waals surface area contributed by atoms with Crippen LogP contribution in [-0.2, 0) is 19.6 Å². The van der Waals surface area contributed by atoms with E-state index in [0.29, 0.717) is 26.7 Å². The molecule has 2 aromatic carbocycles. The van der Waals surface area contributed by atoms with Crippen LogP contribution >= 0.6 is 23.2 Å². The molecule has 10 heteroatoms. The summed E-state index contributed by atoms with van der Waals surface area (Å²) in [6, 6.07) is 11.2. The highest BCUT2D eigenvalue weighted by Gasteiger charge is 2.32. The highest BCUT2D eigenvalue weighted by Crippen LogP contribution is 2.36. The van der Waals surface area contributed by atoms with Gasteiger partial charge in [-0.15, -0.1) is 0 Å². The topological polar surface area (TPSA) is 94.6 Å². The highest BCUT2D eigenvalue weighted by atomic mass is 35.5. The molecule has 0 unspecified atom stereocenters. The van der Waals surface area contributed by atoms with Gasteiger partial charge in [0.1, 0.15) is 10.6 Å². The van der Waals surface area contributed by atoms with Crippen molar-refractivity contribution in [3.05, 3.63) is 70.5 Å². The van der Waals surface area contributed by atoms with Crippen LogP contribution in [0.4, 0.5) is 5.69 Å². The third-order valence-electron chi connectivity index (χ3n) is 4.71. The minimum Gasteiger partial charge on any atom is -0.476 e. The molecule has 1 aromatic heterocycles. The van der Waals surface area contributed by atoms with E-state index in [9.17, 15) is 13.2 Å². The maximum atomic E-state index is 13.1. The van der Waals surface area contributed by atoms with Gasteiger partial charge < -0.3 is 9.47 Å². The Balaban J connectivity index is 2.09. The largest absolute Gasteiger partial charge is 0.476 e. The fraction of sp³-hybridized carbons (Fsp3) is 0.250. The van der Waals surface area contributed by atoms with E-state index in [2.05, 4.69) is 9.71 Å². The molecule has 0 atom stereocenters. The first-order valence-electron chi connectivity index (χ1n) is 10.3. The number of esters is 1. The van der Waals surface area contributed by atoms with E-state index < -0.39 is 21.6 Å². The van der Waals surface area contributed by atoms with Crippen molar-refractivity contribution in [3.8, 4) is 16.9 Å². The number of nitrogens with one attached hydrogen (secondary N) is 1. The predicted octanol–water partition coefficient (Wildman–Crippen LogP) is 5.89. The summed E-state index contributed by atoms with van der Waals surface area (Å²) in [7, 11) is -4.00. The zero-order chi connectivity index (χ0) is 25.1. The number of benzene rings is 2. The predicted molar refractivity (Wildman–Crippen MR) is 133 cm³/mol. The van der Waals surface area contributed by atoms with Gasteiger partial charge >= 0.3 is 5.97 Å². The van der Waals surface area contributed by atoms with Crippen molar-refractivity contribution in [2.24, 2.45) is 0 Å². The van der Waals surface area contributed by atoms with Crippen LogP contribution in [0.3, 0.4) is 0 Å². The number of halogens is 2. The molecule has 0 aliphatic rings. The Morgan fingerprint density at radius 1 is 1.06 bits per heavy atom. The number of hydrogen-bond acceptors (Lipinski definition) is 6. The molecule has 3 rings (SSSR count). The van der Waals surface area contributed by atoms with Crippen molar-refractivity contribution in [2.45, 2.75) is 38.2 Å². The second-order valence-corrected chi connectivity index (χ2v) is 10.6. The standard InChI is InChI=1S/C24H24Cl2N2O5S/c1-5-32-23(29)24(3,4)33-19-6-7-21(16-9-17(25)11-18(26)10-16)22(12-19)28-34(30,31)20-8-15(2)13-27-14-20/h6-14,28H,5H2,1-4H3. The van der Waals surface area contributed by atoms with E-state index in [0.717, 1.165) is 0 Å². The van der Waals surface area contributed by atoms with Crippen LogP contribution in [0.5, 0.6) is 5.75 Å². The lowest BCUT2D eigenvalue weighted by molar-refractivity contribution is -0.158. The van der Waals surface area contributed by atoms with Crippen LogP contribution in [0.15, 0.2) is 59.8 Å². The summed E-state index contributed by atoms with van der Waals surface area (Å²) in [6.07, 6.45) is 2.82. The maximum Gasteiger partial charge on any atom is 0.349 e. The van der Waals surface area contributed by atoms with Crippen LogP contribution in [0.2, 0.25) is 10.0 Å².